The van der Waals surface area contributed by atoms with Gasteiger partial charge < -0.3 is 20.1 Å². The van der Waals surface area contributed by atoms with Gasteiger partial charge in [-0.1, -0.05) is 0 Å². The third-order valence-electron chi connectivity index (χ3n) is 3.77. The van der Waals surface area contributed by atoms with Gasteiger partial charge in [0.25, 0.3) is 0 Å². The largest absolute Gasteiger partial charge is 0.376 e. The van der Waals surface area contributed by atoms with Crippen LogP contribution in [0, 0.1) is 0 Å². The highest BCUT2D eigenvalue weighted by molar-refractivity contribution is 4.73. The standard InChI is InChI=1S/C13H26N2O2/c14-6-9-15-7-4-12(5-8-15)17-11-13-3-1-2-10-16-13/h12-13H,1-11,14H2. The van der Waals surface area contributed by atoms with Crippen LogP contribution in [0.15, 0.2) is 0 Å². The minimum atomic E-state index is 0.353. The molecule has 0 amide bonds. The predicted octanol–water partition coefficient (Wildman–Crippen LogP) is 0.995. The van der Waals surface area contributed by atoms with E-state index in [9.17, 15) is 0 Å². The molecule has 0 aromatic carbocycles. The lowest BCUT2D eigenvalue weighted by molar-refractivity contribution is -0.0747. The van der Waals surface area contributed by atoms with E-state index in [0.717, 1.165) is 52.2 Å². The van der Waals surface area contributed by atoms with Gasteiger partial charge in [0.15, 0.2) is 0 Å². The van der Waals surface area contributed by atoms with Gasteiger partial charge in [-0.3, -0.25) is 0 Å². The van der Waals surface area contributed by atoms with Crippen molar-refractivity contribution in [3.8, 4) is 0 Å². The summed E-state index contributed by atoms with van der Waals surface area (Å²) < 4.78 is 11.6. The van der Waals surface area contributed by atoms with Gasteiger partial charge in [0.05, 0.1) is 18.8 Å². The molecule has 0 bridgehead atoms. The van der Waals surface area contributed by atoms with Gasteiger partial charge in [-0.05, 0) is 32.1 Å². The fourth-order valence-corrected chi connectivity index (χ4v) is 2.66. The van der Waals surface area contributed by atoms with Crippen molar-refractivity contribution in [3.05, 3.63) is 0 Å². The van der Waals surface area contributed by atoms with Gasteiger partial charge in [-0.2, -0.15) is 0 Å². The maximum atomic E-state index is 5.97. The van der Waals surface area contributed by atoms with E-state index in [2.05, 4.69) is 4.90 Å². The summed E-state index contributed by atoms with van der Waals surface area (Å²) in [6, 6.07) is 0. The Bertz CT molecular complexity index is 200. The number of nitrogens with zero attached hydrogens (tertiary/aromatic N) is 1. The van der Waals surface area contributed by atoms with Gasteiger partial charge in [0, 0.05) is 32.8 Å². The van der Waals surface area contributed by atoms with Crippen molar-refractivity contribution in [3.63, 3.8) is 0 Å². The van der Waals surface area contributed by atoms with Gasteiger partial charge in [0.1, 0.15) is 0 Å². The second-order valence-electron chi connectivity index (χ2n) is 5.15. The van der Waals surface area contributed by atoms with Crippen LogP contribution in [0.1, 0.15) is 32.1 Å². The molecule has 17 heavy (non-hydrogen) atoms. The molecule has 2 rings (SSSR count). The highest BCUT2D eigenvalue weighted by atomic mass is 16.5. The number of piperidine rings is 1. The zero-order valence-electron chi connectivity index (χ0n) is 10.8. The maximum Gasteiger partial charge on any atom is 0.0808 e. The molecule has 0 aliphatic carbocycles. The third-order valence-corrected chi connectivity index (χ3v) is 3.77. The molecule has 2 N–H and O–H groups in total. The molecule has 4 heteroatoms. The third kappa shape index (κ3) is 4.54. The number of hydrogen-bond acceptors (Lipinski definition) is 4. The molecule has 4 nitrogen and oxygen atoms in total. The average Bonchev–Trinajstić information content (AvgIpc) is 2.40. The van der Waals surface area contributed by atoms with Crippen LogP contribution in [0.2, 0.25) is 0 Å². The lowest BCUT2D eigenvalue weighted by Crippen LogP contribution is -2.40. The summed E-state index contributed by atoms with van der Waals surface area (Å²) in [6.45, 7) is 5.77. The Balaban J connectivity index is 1.57. The van der Waals surface area contributed by atoms with E-state index in [0.29, 0.717) is 12.2 Å². The number of likely N-dealkylation sites (tertiary alicyclic amines) is 1. The van der Waals surface area contributed by atoms with Crippen LogP contribution < -0.4 is 5.73 Å². The highest BCUT2D eigenvalue weighted by Crippen LogP contribution is 2.17. The predicted molar refractivity (Wildman–Crippen MR) is 68.1 cm³/mol. The quantitative estimate of drug-likeness (QED) is 0.781. The van der Waals surface area contributed by atoms with Crippen molar-refractivity contribution in [2.45, 2.75) is 44.3 Å². The van der Waals surface area contributed by atoms with Crippen LogP contribution in [0.5, 0.6) is 0 Å². The van der Waals surface area contributed by atoms with E-state index in [-0.39, 0.29) is 0 Å². The summed E-state index contributed by atoms with van der Waals surface area (Å²) >= 11 is 0. The van der Waals surface area contributed by atoms with Crippen LogP contribution in [0.25, 0.3) is 0 Å². The minimum absolute atomic E-state index is 0.353. The Kier molecular flexibility index (Phi) is 5.71. The fraction of sp³-hybridized carbons (Fsp3) is 1.00. The van der Waals surface area contributed by atoms with Gasteiger partial charge >= 0.3 is 0 Å². The van der Waals surface area contributed by atoms with Gasteiger partial charge in [-0.25, -0.2) is 0 Å². The molecule has 2 aliphatic rings. The summed E-state index contributed by atoms with van der Waals surface area (Å²) in [5.41, 5.74) is 5.56. The van der Waals surface area contributed by atoms with Crippen LogP contribution in [0.4, 0.5) is 0 Å². The molecule has 0 aromatic heterocycles. The zero-order valence-corrected chi connectivity index (χ0v) is 10.8. The fourth-order valence-electron chi connectivity index (χ4n) is 2.66. The Morgan fingerprint density at radius 1 is 1.18 bits per heavy atom. The van der Waals surface area contributed by atoms with Crippen molar-refractivity contribution >= 4 is 0 Å². The number of ether oxygens (including phenoxy) is 2. The molecule has 2 saturated heterocycles. The van der Waals surface area contributed by atoms with Crippen molar-refractivity contribution in [2.24, 2.45) is 5.73 Å². The van der Waals surface area contributed by atoms with E-state index in [4.69, 9.17) is 15.2 Å². The smallest absolute Gasteiger partial charge is 0.0808 e. The highest BCUT2D eigenvalue weighted by Gasteiger charge is 2.21. The average molecular weight is 242 g/mol. The molecule has 0 saturated carbocycles. The van der Waals surface area contributed by atoms with Crippen LogP contribution in [0.3, 0.4) is 0 Å². The molecule has 1 unspecified atom stereocenters. The van der Waals surface area contributed by atoms with Crippen molar-refractivity contribution < 1.29 is 9.47 Å². The van der Waals surface area contributed by atoms with E-state index in [1.54, 1.807) is 0 Å². The number of nitrogens with two attached hydrogens (primary N) is 1. The summed E-state index contributed by atoms with van der Waals surface area (Å²) in [5, 5.41) is 0. The van der Waals surface area contributed by atoms with Crippen LogP contribution in [-0.4, -0.2) is 56.5 Å². The first-order valence-electron chi connectivity index (χ1n) is 7.04. The molecule has 0 radical (unpaired) electrons. The van der Waals surface area contributed by atoms with E-state index in [1.807, 2.05) is 0 Å². The number of rotatable bonds is 5. The first-order valence-corrected chi connectivity index (χ1v) is 7.04. The molecule has 100 valence electrons. The Morgan fingerprint density at radius 2 is 2.00 bits per heavy atom. The monoisotopic (exact) mass is 242 g/mol. The van der Waals surface area contributed by atoms with Gasteiger partial charge in [0.2, 0.25) is 0 Å². The normalized spacial score (nSPS) is 28.4. The van der Waals surface area contributed by atoms with E-state index in [1.165, 1.54) is 19.3 Å². The van der Waals surface area contributed by atoms with Crippen LogP contribution >= 0.6 is 0 Å². The molecule has 1 atom stereocenters. The molecule has 0 spiro atoms. The summed E-state index contributed by atoms with van der Waals surface area (Å²) in [7, 11) is 0. The zero-order chi connectivity index (χ0) is 11.9. The van der Waals surface area contributed by atoms with Crippen molar-refractivity contribution in [1.82, 2.24) is 4.90 Å². The first-order chi connectivity index (χ1) is 8.38. The van der Waals surface area contributed by atoms with Crippen molar-refractivity contribution in [2.75, 3.05) is 39.4 Å². The lowest BCUT2D eigenvalue weighted by atomic mass is 10.1. The Morgan fingerprint density at radius 3 is 2.65 bits per heavy atom. The first kappa shape index (κ1) is 13.3. The summed E-state index contributed by atoms with van der Waals surface area (Å²) in [5.74, 6) is 0. The number of hydrogen-bond donors (Lipinski definition) is 1. The molecular formula is C13H26N2O2. The summed E-state index contributed by atoms with van der Waals surface area (Å²) in [6.07, 6.45) is 6.77. The lowest BCUT2D eigenvalue weighted by Gasteiger charge is -2.32. The second kappa shape index (κ2) is 7.31. The van der Waals surface area contributed by atoms with Gasteiger partial charge in [-0.15, -0.1) is 0 Å². The molecule has 2 aliphatic heterocycles. The SMILES string of the molecule is NCCN1CCC(OCC2CCCCO2)CC1. The topological polar surface area (TPSA) is 47.7 Å². The molecule has 0 aromatic rings. The molecule has 2 fully saturated rings. The van der Waals surface area contributed by atoms with E-state index >= 15 is 0 Å². The Labute approximate surface area is 104 Å². The molecule has 2 heterocycles. The van der Waals surface area contributed by atoms with Crippen molar-refractivity contribution in [1.29, 1.82) is 0 Å². The summed E-state index contributed by atoms with van der Waals surface area (Å²) in [4.78, 5) is 2.43. The molecular weight excluding hydrogens is 216 g/mol. The van der Waals surface area contributed by atoms with Crippen LogP contribution in [-0.2, 0) is 9.47 Å². The minimum Gasteiger partial charge on any atom is -0.376 e. The Hall–Kier alpha value is -0.160. The van der Waals surface area contributed by atoms with E-state index < -0.39 is 0 Å². The maximum absolute atomic E-state index is 5.97. The second-order valence-corrected chi connectivity index (χ2v) is 5.15.